The van der Waals surface area contributed by atoms with Gasteiger partial charge in [0.1, 0.15) is 16.4 Å². The van der Waals surface area contributed by atoms with Crippen LogP contribution < -0.4 is 5.32 Å². The monoisotopic (exact) mass is 504 g/mol. The minimum Gasteiger partial charge on any atom is -0.462 e. The van der Waals surface area contributed by atoms with E-state index in [4.69, 9.17) is 9.72 Å². The molecule has 7 nitrogen and oxygen atoms in total. The molecule has 0 aliphatic rings. The zero-order valence-corrected chi connectivity index (χ0v) is 21.2. The predicted octanol–water partition coefficient (Wildman–Crippen LogP) is 5.79. The van der Waals surface area contributed by atoms with Crippen LogP contribution >= 0.6 is 23.1 Å². The quantitative estimate of drug-likeness (QED) is 0.240. The van der Waals surface area contributed by atoms with E-state index in [2.05, 4.69) is 15.5 Å². The van der Waals surface area contributed by atoms with Crippen LogP contribution in [0.5, 0.6) is 0 Å². The van der Waals surface area contributed by atoms with Crippen molar-refractivity contribution in [2.24, 2.45) is 0 Å². The van der Waals surface area contributed by atoms with E-state index in [9.17, 15) is 9.59 Å². The molecule has 0 saturated carbocycles. The minimum absolute atomic E-state index is 0.0683. The van der Waals surface area contributed by atoms with Gasteiger partial charge in [0.05, 0.1) is 17.9 Å². The third kappa shape index (κ3) is 5.75. The van der Waals surface area contributed by atoms with Crippen molar-refractivity contribution in [3.8, 4) is 22.5 Å². The van der Waals surface area contributed by atoms with Crippen LogP contribution in [0.15, 0.2) is 65.8 Å². The molecule has 0 radical (unpaired) electrons. The van der Waals surface area contributed by atoms with Gasteiger partial charge in [-0.15, -0.1) is 21.5 Å². The first-order valence-corrected chi connectivity index (χ1v) is 12.8. The molecule has 2 aromatic carbocycles. The van der Waals surface area contributed by atoms with Crippen LogP contribution in [0.25, 0.3) is 22.5 Å². The number of thioether (sulfide) groups is 1. The Hall–Kier alpha value is -3.56. The van der Waals surface area contributed by atoms with Crippen molar-refractivity contribution < 1.29 is 14.3 Å². The largest absolute Gasteiger partial charge is 0.462 e. The van der Waals surface area contributed by atoms with Crippen molar-refractivity contribution >= 4 is 40.0 Å². The van der Waals surface area contributed by atoms with E-state index < -0.39 is 5.97 Å². The highest BCUT2D eigenvalue weighted by Gasteiger charge is 2.22. The van der Waals surface area contributed by atoms with E-state index in [0.29, 0.717) is 27.1 Å². The van der Waals surface area contributed by atoms with Crippen molar-refractivity contribution in [3.05, 3.63) is 76.7 Å². The maximum atomic E-state index is 12.7. The number of rotatable bonds is 8. The molecule has 178 valence electrons. The van der Waals surface area contributed by atoms with Crippen LogP contribution in [-0.4, -0.2) is 39.4 Å². The lowest BCUT2D eigenvalue weighted by Gasteiger charge is -2.10. The zero-order valence-electron chi connectivity index (χ0n) is 19.6. The smallest absolute Gasteiger partial charge is 0.341 e. The number of nitrogens with zero attached hydrogens (tertiary/aromatic N) is 3. The molecule has 0 aliphatic carbocycles. The molecule has 0 aliphatic heterocycles. The van der Waals surface area contributed by atoms with E-state index in [1.54, 1.807) is 6.92 Å². The summed E-state index contributed by atoms with van der Waals surface area (Å²) in [7, 11) is 0. The molecule has 0 unspecified atom stereocenters. The molecule has 0 spiro atoms. The van der Waals surface area contributed by atoms with Gasteiger partial charge in [-0.3, -0.25) is 4.79 Å². The predicted molar refractivity (Wildman–Crippen MR) is 140 cm³/mol. The highest BCUT2D eigenvalue weighted by Crippen LogP contribution is 2.34. The zero-order chi connectivity index (χ0) is 24.8. The molecule has 0 fully saturated rings. The molecule has 0 atom stereocenters. The van der Waals surface area contributed by atoms with E-state index in [-0.39, 0.29) is 18.3 Å². The number of aromatic nitrogens is 3. The standard InChI is InChI=1S/C26H24N4O3S2/c1-4-33-25(32)21-16(2)17(3)35-24(21)27-20(31)15-34-26-28-22(18-11-7-5-8-12-18)23(29-30-26)19-13-9-6-10-14-19/h5-14H,4,15H2,1-3H3,(H,27,31). The lowest BCUT2D eigenvalue weighted by molar-refractivity contribution is -0.113. The Balaban J connectivity index is 1.53. The van der Waals surface area contributed by atoms with Crippen LogP contribution in [0, 0.1) is 13.8 Å². The lowest BCUT2D eigenvalue weighted by Crippen LogP contribution is -2.16. The third-order valence-electron chi connectivity index (χ3n) is 5.21. The summed E-state index contributed by atoms with van der Waals surface area (Å²) in [5.74, 6) is -0.633. The van der Waals surface area contributed by atoms with Gasteiger partial charge in [-0.05, 0) is 26.3 Å². The number of esters is 1. The van der Waals surface area contributed by atoms with Gasteiger partial charge in [0.15, 0.2) is 0 Å². The van der Waals surface area contributed by atoms with Crippen LogP contribution in [-0.2, 0) is 9.53 Å². The Morgan fingerprint density at radius 2 is 1.57 bits per heavy atom. The number of benzene rings is 2. The maximum Gasteiger partial charge on any atom is 0.341 e. The van der Waals surface area contributed by atoms with Crippen LogP contribution in [0.2, 0.25) is 0 Å². The van der Waals surface area contributed by atoms with Crippen molar-refractivity contribution in [2.75, 3.05) is 17.7 Å². The van der Waals surface area contributed by atoms with E-state index in [0.717, 1.165) is 21.6 Å². The molecule has 9 heteroatoms. The molecule has 0 saturated heterocycles. The summed E-state index contributed by atoms with van der Waals surface area (Å²) in [6.45, 7) is 5.78. The summed E-state index contributed by atoms with van der Waals surface area (Å²) in [4.78, 5) is 30.8. The molecule has 0 bridgehead atoms. The highest BCUT2D eigenvalue weighted by atomic mass is 32.2. The number of anilines is 1. The number of hydrogen-bond donors (Lipinski definition) is 1. The number of aryl methyl sites for hydroxylation is 1. The van der Waals surface area contributed by atoms with Gasteiger partial charge in [-0.2, -0.15) is 0 Å². The van der Waals surface area contributed by atoms with Gasteiger partial charge in [-0.1, -0.05) is 72.4 Å². The second kappa shape index (κ2) is 11.2. The summed E-state index contributed by atoms with van der Waals surface area (Å²) in [6, 6.07) is 19.5. The van der Waals surface area contributed by atoms with Crippen molar-refractivity contribution in [1.29, 1.82) is 0 Å². The highest BCUT2D eigenvalue weighted by molar-refractivity contribution is 7.99. The summed E-state index contributed by atoms with van der Waals surface area (Å²) < 4.78 is 5.16. The Bertz CT molecular complexity index is 1340. The molecule has 2 aromatic heterocycles. The first kappa shape index (κ1) is 24.6. The fourth-order valence-electron chi connectivity index (χ4n) is 3.42. The number of thiophene rings is 1. The number of nitrogens with one attached hydrogen (secondary N) is 1. The number of carbonyl (C=O) groups excluding carboxylic acids is 2. The van der Waals surface area contributed by atoms with Crippen molar-refractivity contribution in [1.82, 2.24) is 15.2 Å². The second-order valence-electron chi connectivity index (χ2n) is 7.57. The second-order valence-corrected chi connectivity index (χ2v) is 9.74. The lowest BCUT2D eigenvalue weighted by atomic mass is 10.0. The van der Waals surface area contributed by atoms with Crippen LogP contribution in [0.1, 0.15) is 27.7 Å². The number of carbonyl (C=O) groups is 2. The van der Waals surface area contributed by atoms with Crippen molar-refractivity contribution in [3.63, 3.8) is 0 Å². The minimum atomic E-state index is -0.436. The fraction of sp³-hybridized carbons (Fsp3) is 0.192. The van der Waals surface area contributed by atoms with E-state index >= 15 is 0 Å². The summed E-state index contributed by atoms with van der Waals surface area (Å²) in [5, 5.41) is 12.4. The third-order valence-corrected chi connectivity index (χ3v) is 7.17. The Morgan fingerprint density at radius 1 is 0.943 bits per heavy atom. The molecule has 4 aromatic rings. The van der Waals surface area contributed by atoms with E-state index in [1.165, 1.54) is 23.1 Å². The molecular formula is C26H24N4O3S2. The van der Waals surface area contributed by atoms with Gasteiger partial charge < -0.3 is 10.1 Å². The number of hydrogen-bond acceptors (Lipinski definition) is 8. The SMILES string of the molecule is CCOC(=O)c1c(NC(=O)CSc2nnc(-c3ccccc3)c(-c3ccccc3)n2)sc(C)c1C. The van der Waals surface area contributed by atoms with Gasteiger partial charge >= 0.3 is 5.97 Å². The first-order valence-electron chi connectivity index (χ1n) is 11.0. The molecule has 35 heavy (non-hydrogen) atoms. The normalized spacial score (nSPS) is 10.7. The van der Waals surface area contributed by atoms with Crippen LogP contribution in [0.4, 0.5) is 5.00 Å². The molecule has 4 rings (SSSR count). The topological polar surface area (TPSA) is 94.1 Å². The number of ether oxygens (including phenoxy) is 1. The average Bonchev–Trinajstić information content (AvgIpc) is 3.16. The van der Waals surface area contributed by atoms with Gasteiger partial charge in [0.2, 0.25) is 11.1 Å². The van der Waals surface area contributed by atoms with Crippen LogP contribution in [0.3, 0.4) is 0 Å². The molecule has 2 heterocycles. The maximum absolute atomic E-state index is 12.7. The molecule has 1 amide bonds. The average molecular weight is 505 g/mol. The van der Waals surface area contributed by atoms with E-state index in [1.807, 2.05) is 74.5 Å². The Kier molecular flexibility index (Phi) is 7.89. The van der Waals surface area contributed by atoms with Crippen molar-refractivity contribution in [2.45, 2.75) is 25.9 Å². The Morgan fingerprint density at radius 3 is 2.20 bits per heavy atom. The van der Waals surface area contributed by atoms with Gasteiger partial charge in [-0.25, -0.2) is 9.78 Å². The summed E-state index contributed by atoms with van der Waals surface area (Å²) >= 11 is 2.55. The summed E-state index contributed by atoms with van der Waals surface area (Å²) in [6.07, 6.45) is 0. The summed E-state index contributed by atoms with van der Waals surface area (Å²) in [5.41, 5.74) is 4.42. The van der Waals surface area contributed by atoms with Gasteiger partial charge in [0.25, 0.3) is 0 Å². The first-order chi connectivity index (χ1) is 17.0. The molecular weight excluding hydrogens is 480 g/mol. The number of amides is 1. The molecule has 1 N–H and O–H groups in total. The van der Waals surface area contributed by atoms with Gasteiger partial charge in [0, 0.05) is 16.0 Å². The fourth-order valence-corrected chi connectivity index (χ4v) is 5.07. The Labute approximate surface area is 212 Å².